The first-order chi connectivity index (χ1) is 7.70. The molecule has 0 fully saturated rings. The van der Waals surface area contributed by atoms with Crippen LogP contribution in [0.2, 0.25) is 0 Å². The summed E-state index contributed by atoms with van der Waals surface area (Å²) < 4.78 is 5.64. The average Bonchev–Trinajstić information content (AvgIpc) is 2.34. The lowest BCUT2D eigenvalue weighted by atomic mass is 9.95. The van der Waals surface area contributed by atoms with Gasteiger partial charge in [-0.3, -0.25) is 0 Å². The Morgan fingerprint density at radius 2 is 1.94 bits per heavy atom. The highest BCUT2D eigenvalue weighted by Crippen LogP contribution is 2.31. The van der Waals surface area contributed by atoms with Gasteiger partial charge in [-0.15, -0.1) is 0 Å². The normalized spacial score (nSPS) is 14.5. The zero-order valence-electron chi connectivity index (χ0n) is 10.4. The Morgan fingerprint density at radius 1 is 1.25 bits per heavy atom. The smallest absolute Gasteiger partial charge is 0.125 e. The third kappa shape index (κ3) is 3.24. The number of ether oxygens (including phenoxy) is 1. The zero-order chi connectivity index (χ0) is 12.0. The zero-order valence-corrected chi connectivity index (χ0v) is 10.4. The van der Waals surface area contributed by atoms with E-state index in [0.29, 0.717) is 6.61 Å². The van der Waals surface area contributed by atoms with Crippen LogP contribution < -0.4 is 4.74 Å². The van der Waals surface area contributed by atoms with E-state index in [-0.39, 0.29) is 5.92 Å². The lowest BCUT2D eigenvalue weighted by Gasteiger charge is -2.20. The number of hydrogen-bond acceptors (Lipinski definition) is 2. The maximum Gasteiger partial charge on any atom is 0.125 e. The maximum absolute atomic E-state index is 10.2. The molecule has 0 heterocycles. The van der Waals surface area contributed by atoms with Gasteiger partial charge in [0.15, 0.2) is 0 Å². The fraction of sp³-hybridized carbons (Fsp3) is 0.571. The molecule has 2 heteroatoms. The number of hydrogen-bond donors (Lipinski definition) is 1. The second-order valence-corrected chi connectivity index (χ2v) is 4.22. The molecule has 0 aliphatic carbocycles. The van der Waals surface area contributed by atoms with Crippen LogP contribution in [0.25, 0.3) is 0 Å². The third-order valence-corrected chi connectivity index (χ3v) is 2.88. The Morgan fingerprint density at radius 3 is 2.56 bits per heavy atom. The molecule has 0 bridgehead atoms. The van der Waals surface area contributed by atoms with E-state index in [1.807, 2.05) is 24.3 Å². The minimum atomic E-state index is -0.432. The second kappa shape index (κ2) is 6.54. The van der Waals surface area contributed by atoms with Gasteiger partial charge in [0.1, 0.15) is 5.75 Å². The minimum Gasteiger partial charge on any atom is -0.493 e. The van der Waals surface area contributed by atoms with Crippen molar-refractivity contribution in [2.75, 3.05) is 6.61 Å². The number of para-hydroxylation sites is 1. The Labute approximate surface area is 98.3 Å². The summed E-state index contributed by atoms with van der Waals surface area (Å²) in [6, 6.07) is 7.76. The van der Waals surface area contributed by atoms with E-state index in [0.717, 1.165) is 24.2 Å². The van der Waals surface area contributed by atoms with Gasteiger partial charge in [0.25, 0.3) is 0 Å². The average molecular weight is 222 g/mol. The van der Waals surface area contributed by atoms with Crippen LogP contribution >= 0.6 is 0 Å². The van der Waals surface area contributed by atoms with Crippen LogP contribution in [-0.2, 0) is 0 Å². The SMILES string of the molecule is CCCOc1ccccc1C(O)C(C)CC. The molecule has 0 amide bonds. The van der Waals surface area contributed by atoms with Gasteiger partial charge in [0, 0.05) is 5.56 Å². The minimum absolute atomic E-state index is 0.256. The van der Waals surface area contributed by atoms with E-state index in [4.69, 9.17) is 4.74 Å². The molecule has 2 unspecified atom stereocenters. The molecule has 16 heavy (non-hydrogen) atoms. The van der Waals surface area contributed by atoms with Gasteiger partial charge in [0.2, 0.25) is 0 Å². The topological polar surface area (TPSA) is 29.5 Å². The Bertz CT molecular complexity index is 309. The van der Waals surface area contributed by atoms with Crippen LogP contribution in [0, 0.1) is 5.92 Å². The van der Waals surface area contributed by atoms with Gasteiger partial charge in [-0.05, 0) is 18.4 Å². The summed E-state index contributed by atoms with van der Waals surface area (Å²) in [6.07, 6.45) is 1.51. The lowest BCUT2D eigenvalue weighted by Crippen LogP contribution is -2.10. The molecule has 1 aromatic carbocycles. The van der Waals surface area contributed by atoms with Crippen molar-refractivity contribution in [1.82, 2.24) is 0 Å². The quantitative estimate of drug-likeness (QED) is 0.797. The molecule has 0 spiro atoms. The van der Waals surface area contributed by atoms with Crippen molar-refractivity contribution in [3.63, 3.8) is 0 Å². The van der Waals surface area contributed by atoms with Crippen LogP contribution in [0.15, 0.2) is 24.3 Å². The van der Waals surface area contributed by atoms with Gasteiger partial charge in [0.05, 0.1) is 12.7 Å². The molecule has 0 aliphatic heterocycles. The molecule has 1 N–H and O–H groups in total. The third-order valence-electron chi connectivity index (χ3n) is 2.88. The van der Waals surface area contributed by atoms with Crippen LogP contribution in [0.5, 0.6) is 5.75 Å². The van der Waals surface area contributed by atoms with E-state index >= 15 is 0 Å². The lowest BCUT2D eigenvalue weighted by molar-refractivity contribution is 0.111. The largest absolute Gasteiger partial charge is 0.493 e. The number of rotatable bonds is 6. The van der Waals surface area contributed by atoms with Crippen LogP contribution in [0.1, 0.15) is 45.3 Å². The molecule has 0 saturated heterocycles. The predicted octanol–water partition coefficient (Wildman–Crippen LogP) is 3.55. The molecule has 0 radical (unpaired) electrons. The van der Waals surface area contributed by atoms with E-state index in [2.05, 4.69) is 20.8 Å². The summed E-state index contributed by atoms with van der Waals surface area (Å²) in [4.78, 5) is 0. The van der Waals surface area contributed by atoms with Crippen molar-refractivity contribution >= 4 is 0 Å². The highest BCUT2D eigenvalue weighted by molar-refractivity contribution is 5.35. The molecule has 0 aliphatic rings. The van der Waals surface area contributed by atoms with Gasteiger partial charge in [-0.1, -0.05) is 45.4 Å². The molecular formula is C14H22O2. The van der Waals surface area contributed by atoms with Gasteiger partial charge < -0.3 is 9.84 Å². The molecule has 2 atom stereocenters. The first-order valence-corrected chi connectivity index (χ1v) is 6.10. The van der Waals surface area contributed by atoms with Crippen molar-refractivity contribution in [2.45, 2.75) is 39.7 Å². The second-order valence-electron chi connectivity index (χ2n) is 4.22. The highest BCUT2D eigenvalue weighted by atomic mass is 16.5. The van der Waals surface area contributed by atoms with E-state index in [9.17, 15) is 5.11 Å². The van der Waals surface area contributed by atoms with Crippen molar-refractivity contribution in [3.05, 3.63) is 29.8 Å². The molecular weight excluding hydrogens is 200 g/mol. The summed E-state index contributed by atoms with van der Waals surface area (Å²) in [5.74, 6) is 1.07. The van der Waals surface area contributed by atoms with Gasteiger partial charge in [-0.25, -0.2) is 0 Å². The molecule has 90 valence electrons. The van der Waals surface area contributed by atoms with Crippen molar-refractivity contribution in [3.8, 4) is 5.75 Å². The van der Waals surface area contributed by atoms with Crippen molar-refractivity contribution < 1.29 is 9.84 Å². The maximum atomic E-state index is 10.2. The molecule has 1 aromatic rings. The summed E-state index contributed by atoms with van der Waals surface area (Å²) in [6.45, 7) is 6.92. The first kappa shape index (κ1) is 13.0. The summed E-state index contributed by atoms with van der Waals surface area (Å²) in [7, 11) is 0. The van der Waals surface area contributed by atoms with E-state index < -0.39 is 6.10 Å². The molecule has 2 nitrogen and oxygen atoms in total. The first-order valence-electron chi connectivity index (χ1n) is 6.10. The van der Waals surface area contributed by atoms with E-state index in [1.54, 1.807) is 0 Å². The van der Waals surface area contributed by atoms with Gasteiger partial charge >= 0.3 is 0 Å². The molecule has 1 rings (SSSR count). The van der Waals surface area contributed by atoms with Crippen LogP contribution in [-0.4, -0.2) is 11.7 Å². The van der Waals surface area contributed by atoms with E-state index in [1.165, 1.54) is 0 Å². The number of aliphatic hydroxyl groups is 1. The van der Waals surface area contributed by atoms with Crippen molar-refractivity contribution in [2.24, 2.45) is 5.92 Å². The standard InChI is InChI=1S/C14H22O2/c1-4-10-16-13-9-7-6-8-12(13)14(15)11(3)5-2/h6-9,11,14-15H,4-5,10H2,1-3H3. The van der Waals surface area contributed by atoms with Gasteiger partial charge in [-0.2, -0.15) is 0 Å². The van der Waals surface area contributed by atoms with Crippen molar-refractivity contribution in [1.29, 1.82) is 0 Å². The monoisotopic (exact) mass is 222 g/mol. The summed E-state index contributed by atoms with van der Waals surface area (Å²) in [5, 5.41) is 10.2. The van der Waals surface area contributed by atoms with Crippen LogP contribution in [0.3, 0.4) is 0 Å². The summed E-state index contributed by atoms with van der Waals surface area (Å²) in [5.41, 5.74) is 0.908. The Kier molecular flexibility index (Phi) is 5.33. The summed E-state index contributed by atoms with van der Waals surface area (Å²) >= 11 is 0. The highest BCUT2D eigenvalue weighted by Gasteiger charge is 2.18. The Balaban J connectivity index is 2.84. The molecule has 0 saturated carbocycles. The van der Waals surface area contributed by atoms with Crippen LogP contribution in [0.4, 0.5) is 0 Å². The molecule has 0 aromatic heterocycles. The number of benzene rings is 1. The predicted molar refractivity (Wildman–Crippen MR) is 66.6 cm³/mol. The number of aliphatic hydroxyl groups excluding tert-OH is 1. The Hall–Kier alpha value is -1.02. The fourth-order valence-corrected chi connectivity index (χ4v) is 1.60. The fourth-order valence-electron chi connectivity index (χ4n) is 1.60.